The van der Waals surface area contributed by atoms with Gasteiger partial charge >= 0.3 is 0 Å². The topological polar surface area (TPSA) is 38.0 Å². The lowest BCUT2D eigenvalue weighted by Gasteiger charge is -2.34. The molecule has 1 aliphatic carbocycles. The van der Waals surface area contributed by atoms with Gasteiger partial charge < -0.3 is 11.1 Å². The highest BCUT2D eigenvalue weighted by atomic mass is 19.1. The van der Waals surface area contributed by atoms with Crippen LogP contribution in [0, 0.1) is 11.7 Å². The molecule has 1 fully saturated rings. The van der Waals surface area contributed by atoms with Gasteiger partial charge in [-0.3, -0.25) is 0 Å². The van der Waals surface area contributed by atoms with Crippen molar-refractivity contribution in [3.05, 3.63) is 35.6 Å². The number of benzene rings is 1. The van der Waals surface area contributed by atoms with Gasteiger partial charge in [0, 0.05) is 18.0 Å². The summed E-state index contributed by atoms with van der Waals surface area (Å²) >= 11 is 0. The van der Waals surface area contributed by atoms with E-state index < -0.39 is 0 Å². The van der Waals surface area contributed by atoms with Crippen molar-refractivity contribution in [2.75, 3.05) is 13.1 Å². The summed E-state index contributed by atoms with van der Waals surface area (Å²) < 4.78 is 13.8. The third kappa shape index (κ3) is 3.09. The van der Waals surface area contributed by atoms with Gasteiger partial charge in [0.15, 0.2) is 0 Å². The molecule has 0 atom stereocenters. The van der Waals surface area contributed by atoms with Crippen molar-refractivity contribution in [1.29, 1.82) is 0 Å². The Kier molecular flexibility index (Phi) is 4.03. The van der Waals surface area contributed by atoms with Crippen molar-refractivity contribution in [3.63, 3.8) is 0 Å². The first-order chi connectivity index (χ1) is 8.49. The number of nitrogens with one attached hydrogen (secondary N) is 1. The zero-order valence-corrected chi connectivity index (χ0v) is 11.2. The highest BCUT2D eigenvalue weighted by Gasteiger charge is 2.27. The van der Waals surface area contributed by atoms with E-state index in [1.807, 2.05) is 12.1 Å². The summed E-state index contributed by atoms with van der Waals surface area (Å²) in [5.74, 6) is 0.589. The van der Waals surface area contributed by atoms with Crippen LogP contribution in [0.5, 0.6) is 0 Å². The van der Waals surface area contributed by atoms with Crippen molar-refractivity contribution in [2.45, 2.75) is 38.1 Å². The maximum absolute atomic E-state index is 13.8. The average Bonchev–Trinajstić information content (AvgIpc) is 2.26. The summed E-state index contributed by atoms with van der Waals surface area (Å²) in [5, 5.41) is 3.45. The molecule has 3 N–H and O–H groups in total. The molecule has 18 heavy (non-hydrogen) atoms. The minimum absolute atomic E-state index is 0.116. The van der Waals surface area contributed by atoms with Gasteiger partial charge in [-0.2, -0.15) is 0 Å². The lowest BCUT2D eigenvalue weighted by molar-refractivity contribution is 0.250. The average molecular weight is 250 g/mol. The van der Waals surface area contributed by atoms with Crippen LogP contribution in [-0.4, -0.2) is 19.1 Å². The van der Waals surface area contributed by atoms with Gasteiger partial charge in [0.2, 0.25) is 0 Å². The Morgan fingerprint density at radius 2 is 2.00 bits per heavy atom. The standard InChI is InChI=1S/C15H23FN2/c1-15(2,13-5-3-4-6-14(13)16)10-18-9-11-7-12(17)8-11/h3-6,11-12,18H,7-10,17H2,1-2H3. The maximum Gasteiger partial charge on any atom is 0.126 e. The van der Waals surface area contributed by atoms with Gasteiger partial charge in [-0.25, -0.2) is 4.39 Å². The fourth-order valence-corrected chi connectivity index (χ4v) is 2.65. The van der Waals surface area contributed by atoms with E-state index in [1.165, 1.54) is 6.07 Å². The molecule has 0 amide bonds. The van der Waals surface area contributed by atoms with E-state index in [-0.39, 0.29) is 11.2 Å². The van der Waals surface area contributed by atoms with Crippen LogP contribution in [-0.2, 0) is 5.41 Å². The number of halogens is 1. The van der Waals surface area contributed by atoms with Crippen molar-refractivity contribution >= 4 is 0 Å². The van der Waals surface area contributed by atoms with Crippen LogP contribution in [0.3, 0.4) is 0 Å². The third-order valence-electron chi connectivity index (χ3n) is 3.88. The van der Waals surface area contributed by atoms with Gasteiger partial charge in [0.1, 0.15) is 5.82 Å². The first-order valence-corrected chi connectivity index (χ1v) is 6.70. The Hall–Kier alpha value is -0.930. The molecule has 0 spiro atoms. The van der Waals surface area contributed by atoms with E-state index in [9.17, 15) is 4.39 Å². The molecule has 0 unspecified atom stereocenters. The Balaban J connectivity index is 1.85. The Morgan fingerprint density at radius 1 is 1.33 bits per heavy atom. The van der Waals surface area contributed by atoms with Crippen LogP contribution in [0.25, 0.3) is 0 Å². The molecule has 1 aromatic carbocycles. The zero-order chi connectivity index (χ0) is 13.2. The normalized spacial score (nSPS) is 23.8. The molecule has 0 radical (unpaired) electrons. The molecule has 2 nitrogen and oxygen atoms in total. The fourth-order valence-electron chi connectivity index (χ4n) is 2.65. The second-order valence-electron chi connectivity index (χ2n) is 6.09. The van der Waals surface area contributed by atoms with Gasteiger partial charge in [0.25, 0.3) is 0 Å². The molecule has 1 saturated carbocycles. The predicted octanol–water partition coefficient (Wildman–Crippen LogP) is 2.43. The molecule has 1 aromatic rings. The first-order valence-electron chi connectivity index (χ1n) is 6.70. The summed E-state index contributed by atoms with van der Waals surface area (Å²) in [5.41, 5.74) is 6.36. The number of nitrogens with two attached hydrogens (primary N) is 1. The molecular weight excluding hydrogens is 227 g/mol. The second-order valence-corrected chi connectivity index (χ2v) is 6.09. The van der Waals surface area contributed by atoms with E-state index >= 15 is 0 Å². The molecule has 0 heterocycles. The minimum atomic E-state index is -0.183. The highest BCUT2D eigenvalue weighted by Crippen LogP contribution is 2.27. The summed E-state index contributed by atoms with van der Waals surface area (Å²) in [6.07, 6.45) is 2.24. The molecule has 1 aliphatic rings. The lowest BCUT2D eigenvalue weighted by Crippen LogP contribution is -2.43. The Morgan fingerprint density at radius 3 is 2.61 bits per heavy atom. The largest absolute Gasteiger partial charge is 0.328 e. The molecule has 100 valence electrons. The Bertz CT molecular complexity index is 397. The molecule has 0 aromatic heterocycles. The SMILES string of the molecule is CC(C)(CNCC1CC(N)C1)c1ccccc1F. The van der Waals surface area contributed by atoms with Crippen LogP contribution in [0.2, 0.25) is 0 Å². The van der Waals surface area contributed by atoms with Crippen LogP contribution < -0.4 is 11.1 Å². The zero-order valence-electron chi connectivity index (χ0n) is 11.2. The summed E-state index contributed by atoms with van der Waals surface area (Å²) in [7, 11) is 0. The van der Waals surface area contributed by atoms with E-state index in [1.54, 1.807) is 6.07 Å². The molecule has 3 heteroatoms. The number of rotatable bonds is 5. The molecule has 0 aliphatic heterocycles. The van der Waals surface area contributed by atoms with Crippen LogP contribution in [0.1, 0.15) is 32.3 Å². The molecular formula is C15H23FN2. The van der Waals surface area contributed by atoms with Crippen molar-refractivity contribution in [2.24, 2.45) is 11.7 Å². The van der Waals surface area contributed by atoms with E-state index in [2.05, 4.69) is 19.2 Å². The fraction of sp³-hybridized carbons (Fsp3) is 0.600. The third-order valence-corrected chi connectivity index (χ3v) is 3.88. The monoisotopic (exact) mass is 250 g/mol. The van der Waals surface area contributed by atoms with Crippen LogP contribution >= 0.6 is 0 Å². The lowest BCUT2D eigenvalue weighted by atomic mass is 9.80. The van der Waals surface area contributed by atoms with Gasteiger partial charge in [-0.1, -0.05) is 32.0 Å². The first kappa shape index (κ1) is 13.5. The quantitative estimate of drug-likeness (QED) is 0.842. The number of hydrogen-bond acceptors (Lipinski definition) is 2. The van der Waals surface area contributed by atoms with E-state index in [0.717, 1.165) is 31.5 Å². The molecule has 0 saturated heterocycles. The van der Waals surface area contributed by atoms with Crippen LogP contribution in [0.4, 0.5) is 4.39 Å². The number of hydrogen-bond donors (Lipinski definition) is 2. The van der Waals surface area contributed by atoms with Gasteiger partial charge in [0.05, 0.1) is 0 Å². The van der Waals surface area contributed by atoms with Gasteiger partial charge in [-0.15, -0.1) is 0 Å². The van der Waals surface area contributed by atoms with Crippen LogP contribution in [0.15, 0.2) is 24.3 Å². The molecule has 2 rings (SSSR count). The summed E-state index contributed by atoms with van der Waals surface area (Å²) in [6, 6.07) is 7.43. The maximum atomic E-state index is 13.8. The minimum Gasteiger partial charge on any atom is -0.328 e. The smallest absolute Gasteiger partial charge is 0.126 e. The Labute approximate surface area is 109 Å². The van der Waals surface area contributed by atoms with Crippen molar-refractivity contribution in [3.8, 4) is 0 Å². The van der Waals surface area contributed by atoms with Gasteiger partial charge in [-0.05, 0) is 36.9 Å². The van der Waals surface area contributed by atoms with Crippen molar-refractivity contribution in [1.82, 2.24) is 5.32 Å². The predicted molar refractivity (Wildman–Crippen MR) is 73.0 cm³/mol. The summed E-state index contributed by atoms with van der Waals surface area (Å²) in [6.45, 7) is 5.93. The summed E-state index contributed by atoms with van der Waals surface area (Å²) in [4.78, 5) is 0. The second kappa shape index (κ2) is 5.37. The highest BCUT2D eigenvalue weighted by molar-refractivity contribution is 5.25. The van der Waals surface area contributed by atoms with E-state index in [4.69, 9.17) is 5.73 Å². The van der Waals surface area contributed by atoms with Crippen molar-refractivity contribution < 1.29 is 4.39 Å². The molecule has 0 bridgehead atoms. The van der Waals surface area contributed by atoms with E-state index in [0.29, 0.717) is 12.0 Å².